The zero-order valence-electron chi connectivity index (χ0n) is 17.9. The summed E-state index contributed by atoms with van der Waals surface area (Å²) in [4.78, 5) is 25.4. The molecule has 2 aromatic carbocycles. The van der Waals surface area contributed by atoms with Gasteiger partial charge in [-0.25, -0.2) is 4.79 Å². The summed E-state index contributed by atoms with van der Waals surface area (Å²) in [5, 5.41) is 15.2. The van der Waals surface area contributed by atoms with Gasteiger partial charge in [-0.2, -0.15) is 11.8 Å². The number of aliphatic carboxylic acids is 1. The fraction of sp³-hybridized carbons (Fsp3) is 0.391. The molecule has 0 spiro atoms. The van der Waals surface area contributed by atoms with Crippen molar-refractivity contribution in [3.05, 3.63) is 54.1 Å². The van der Waals surface area contributed by atoms with Crippen LogP contribution < -0.4 is 20.1 Å². The minimum atomic E-state index is -0.998. The second-order valence-corrected chi connectivity index (χ2v) is 9.52. The number of thioether (sulfide) groups is 2. The minimum Gasteiger partial charge on any atom is -0.481 e. The van der Waals surface area contributed by atoms with Gasteiger partial charge in [-0.1, -0.05) is 31.2 Å². The predicted octanol–water partition coefficient (Wildman–Crippen LogP) is 4.53. The van der Waals surface area contributed by atoms with Crippen LogP contribution in [0.5, 0.6) is 11.5 Å². The van der Waals surface area contributed by atoms with Crippen molar-refractivity contribution >= 4 is 35.5 Å². The predicted molar refractivity (Wildman–Crippen MR) is 128 cm³/mol. The Morgan fingerprint density at radius 3 is 2.59 bits per heavy atom. The lowest BCUT2D eigenvalue weighted by atomic mass is 10.0. The second-order valence-electron chi connectivity index (χ2n) is 7.28. The minimum absolute atomic E-state index is 0.0565. The molecule has 0 fully saturated rings. The number of amides is 2. The largest absolute Gasteiger partial charge is 0.481 e. The number of fused-ring (bicyclic) bond motifs is 1. The van der Waals surface area contributed by atoms with E-state index in [-0.39, 0.29) is 25.3 Å². The van der Waals surface area contributed by atoms with Crippen molar-refractivity contribution in [2.45, 2.75) is 36.7 Å². The first-order valence-electron chi connectivity index (χ1n) is 10.5. The first-order chi connectivity index (χ1) is 15.5. The molecule has 0 aliphatic carbocycles. The molecule has 172 valence electrons. The maximum Gasteiger partial charge on any atom is 0.315 e. The Bertz CT molecular complexity index is 897. The Morgan fingerprint density at radius 2 is 1.84 bits per heavy atom. The highest BCUT2D eigenvalue weighted by Crippen LogP contribution is 2.34. The number of carbonyl (C=O) groups is 2. The lowest BCUT2D eigenvalue weighted by molar-refractivity contribution is -0.137. The lowest BCUT2D eigenvalue weighted by Crippen LogP contribution is -2.46. The average Bonchev–Trinajstić information content (AvgIpc) is 3.25. The summed E-state index contributed by atoms with van der Waals surface area (Å²) in [6.07, 6.45) is 0.835. The van der Waals surface area contributed by atoms with Crippen LogP contribution in [-0.4, -0.2) is 47.2 Å². The summed E-state index contributed by atoms with van der Waals surface area (Å²) >= 11 is 3.49. The molecule has 1 aliphatic rings. The topological polar surface area (TPSA) is 96.9 Å². The molecule has 9 heteroatoms. The van der Waals surface area contributed by atoms with Crippen LogP contribution in [0.2, 0.25) is 0 Å². The van der Waals surface area contributed by atoms with Crippen LogP contribution >= 0.6 is 23.5 Å². The standard InChI is InChI=1S/C23H28N2O5S2/c1-2-10-31-13-17(14-32-18-6-4-3-5-7-18)24-23(28)25-19(12-22(26)27)16-8-9-20-21(11-16)30-15-29-20/h3-9,11,17,19H,2,10,12-15H2,1H3,(H,26,27)(H2,24,25,28)/t17-,19-/m0/s1. The van der Waals surface area contributed by atoms with Crippen LogP contribution in [0.25, 0.3) is 0 Å². The summed E-state index contributed by atoms with van der Waals surface area (Å²) in [5.41, 5.74) is 0.655. The summed E-state index contributed by atoms with van der Waals surface area (Å²) in [7, 11) is 0. The number of carboxylic acids is 1. The zero-order chi connectivity index (χ0) is 22.8. The van der Waals surface area contributed by atoms with E-state index in [1.54, 1.807) is 41.7 Å². The van der Waals surface area contributed by atoms with Crippen LogP contribution in [0.3, 0.4) is 0 Å². The Morgan fingerprint density at radius 1 is 1.06 bits per heavy atom. The van der Waals surface area contributed by atoms with Crippen molar-refractivity contribution in [2.24, 2.45) is 0 Å². The van der Waals surface area contributed by atoms with Crippen LogP contribution in [0.15, 0.2) is 53.4 Å². The molecule has 3 rings (SSSR count). The molecule has 0 saturated heterocycles. The molecule has 2 aromatic rings. The third kappa shape index (κ3) is 7.56. The van der Waals surface area contributed by atoms with Gasteiger partial charge in [-0.15, -0.1) is 11.8 Å². The van der Waals surface area contributed by atoms with E-state index in [1.807, 2.05) is 30.3 Å². The fourth-order valence-corrected chi connectivity index (χ4v) is 5.19. The smallest absolute Gasteiger partial charge is 0.315 e. The first kappa shape index (κ1) is 24.1. The zero-order valence-corrected chi connectivity index (χ0v) is 19.5. The highest BCUT2D eigenvalue weighted by Gasteiger charge is 2.23. The van der Waals surface area contributed by atoms with Crippen molar-refractivity contribution in [2.75, 3.05) is 24.1 Å². The monoisotopic (exact) mass is 476 g/mol. The summed E-state index contributed by atoms with van der Waals surface area (Å²) in [6.45, 7) is 2.26. The number of carboxylic acid groups (broad SMARTS) is 1. The van der Waals surface area contributed by atoms with Crippen molar-refractivity contribution in [1.82, 2.24) is 10.6 Å². The number of benzene rings is 2. The van der Waals surface area contributed by atoms with Crippen molar-refractivity contribution < 1.29 is 24.2 Å². The van der Waals surface area contributed by atoms with Gasteiger partial charge in [0.05, 0.1) is 12.5 Å². The molecule has 7 nitrogen and oxygen atoms in total. The SMILES string of the molecule is CCCSC[C@@H](CSc1ccccc1)NC(=O)N[C@@H](CC(=O)O)c1ccc2c(c1)OCO2. The summed E-state index contributed by atoms with van der Waals surface area (Å²) in [6, 6.07) is 14.1. The molecule has 0 radical (unpaired) electrons. The van der Waals surface area contributed by atoms with Gasteiger partial charge in [0.2, 0.25) is 6.79 Å². The van der Waals surface area contributed by atoms with E-state index in [0.717, 1.165) is 28.6 Å². The molecule has 2 amide bonds. The van der Waals surface area contributed by atoms with E-state index in [2.05, 4.69) is 17.6 Å². The molecule has 0 unspecified atom stereocenters. The van der Waals surface area contributed by atoms with Crippen LogP contribution in [0.1, 0.15) is 31.4 Å². The summed E-state index contributed by atoms with van der Waals surface area (Å²) in [5.74, 6) is 2.69. The van der Waals surface area contributed by atoms with E-state index in [9.17, 15) is 14.7 Å². The van der Waals surface area contributed by atoms with Crippen LogP contribution in [0.4, 0.5) is 4.79 Å². The molecule has 0 saturated carbocycles. The molecular weight excluding hydrogens is 448 g/mol. The maximum atomic E-state index is 12.8. The second kappa shape index (κ2) is 12.5. The van der Waals surface area contributed by atoms with E-state index >= 15 is 0 Å². The highest BCUT2D eigenvalue weighted by molar-refractivity contribution is 8.00. The Hall–Kier alpha value is -2.52. The van der Waals surface area contributed by atoms with Gasteiger partial charge >= 0.3 is 12.0 Å². The number of nitrogens with one attached hydrogen (secondary N) is 2. The van der Waals surface area contributed by atoms with Gasteiger partial charge in [0, 0.05) is 22.4 Å². The van der Waals surface area contributed by atoms with Crippen LogP contribution in [-0.2, 0) is 4.79 Å². The third-order valence-electron chi connectivity index (χ3n) is 4.68. The quantitative estimate of drug-likeness (QED) is 0.306. The number of rotatable bonds is 12. The highest BCUT2D eigenvalue weighted by atomic mass is 32.2. The summed E-state index contributed by atoms with van der Waals surface area (Å²) < 4.78 is 10.7. The molecule has 0 bridgehead atoms. The average molecular weight is 477 g/mol. The number of urea groups is 1. The molecule has 1 aliphatic heterocycles. The Kier molecular flexibility index (Phi) is 9.43. The molecule has 2 atom stereocenters. The molecule has 32 heavy (non-hydrogen) atoms. The lowest BCUT2D eigenvalue weighted by Gasteiger charge is -2.22. The van der Waals surface area contributed by atoms with E-state index < -0.39 is 12.0 Å². The van der Waals surface area contributed by atoms with Gasteiger partial charge in [-0.05, 0) is 42.0 Å². The van der Waals surface area contributed by atoms with Crippen molar-refractivity contribution in [3.8, 4) is 11.5 Å². The van der Waals surface area contributed by atoms with Gasteiger partial charge in [0.25, 0.3) is 0 Å². The van der Waals surface area contributed by atoms with E-state index in [0.29, 0.717) is 17.1 Å². The van der Waals surface area contributed by atoms with E-state index in [4.69, 9.17) is 9.47 Å². The van der Waals surface area contributed by atoms with Crippen molar-refractivity contribution in [1.29, 1.82) is 0 Å². The molecule has 3 N–H and O–H groups in total. The van der Waals surface area contributed by atoms with Gasteiger partial charge in [-0.3, -0.25) is 4.79 Å². The number of hydrogen-bond acceptors (Lipinski definition) is 6. The van der Waals surface area contributed by atoms with Crippen LogP contribution in [0, 0.1) is 0 Å². The Balaban J connectivity index is 1.63. The van der Waals surface area contributed by atoms with Gasteiger partial charge in [0.1, 0.15) is 0 Å². The fourth-order valence-electron chi connectivity index (χ4n) is 3.16. The maximum absolute atomic E-state index is 12.8. The van der Waals surface area contributed by atoms with E-state index in [1.165, 1.54) is 0 Å². The first-order valence-corrected chi connectivity index (χ1v) is 12.6. The normalized spacial score (nSPS) is 13.9. The Labute approximate surface area is 196 Å². The van der Waals surface area contributed by atoms with Gasteiger partial charge in [0.15, 0.2) is 11.5 Å². The third-order valence-corrected chi connectivity index (χ3v) is 7.19. The number of ether oxygens (including phenoxy) is 2. The van der Waals surface area contributed by atoms with Gasteiger partial charge < -0.3 is 25.2 Å². The number of carbonyl (C=O) groups excluding carboxylic acids is 1. The molecule has 0 aromatic heterocycles. The number of hydrogen-bond donors (Lipinski definition) is 3. The molecular formula is C23H28N2O5S2. The molecule has 1 heterocycles. The van der Waals surface area contributed by atoms with Crippen molar-refractivity contribution in [3.63, 3.8) is 0 Å².